The van der Waals surface area contributed by atoms with E-state index in [0.717, 1.165) is 56.4 Å². The predicted octanol–water partition coefficient (Wildman–Crippen LogP) is 5.65. The number of ether oxygens (including phenoxy) is 1. The van der Waals surface area contributed by atoms with E-state index >= 15 is 0 Å². The maximum Gasteiger partial charge on any atom is 0.371 e. The normalized spacial score (nSPS) is 32.2. The molecule has 2 aliphatic heterocycles. The van der Waals surface area contributed by atoms with Crippen LogP contribution >= 0.6 is 11.6 Å². The van der Waals surface area contributed by atoms with Crippen molar-refractivity contribution in [3.63, 3.8) is 0 Å². The van der Waals surface area contributed by atoms with Crippen molar-refractivity contribution in [2.24, 2.45) is 17.8 Å². The van der Waals surface area contributed by atoms with Crippen molar-refractivity contribution in [3.8, 4) is 5.75 Å². The first kappa shape index (κ1) is 29.0. The monoisotopic (exact) mass is 587 g/mol. The Morgan fingerprint density at radius 1 is 1.12 bits per heavy atom. The zero-order chi connectivity index (χ0) is 28.4. The van der Waals surface area contributed by atoms with E-state index in [0.29, 0.717) is 35.3 Å². The van der Waals surface area contributed by atoms with E-state index in [4.69, 9.17) is 16.3 Å². The Morgan fingerprint density at radius 2 is 1.95 bits per heavy atom. The van der Waals surface area contributed by atoms with Crippen molar-refractivity contribution in [1.82, 2.24) is 4.72 Å². The fourth-order valence-corrected chi connectivity index (χ4v) is 7.51. The molecule has 0 saturated heterocycles. The molecule has 1 saturated carbocycles. The predicted molar refractivity (Wildman–Crippen MR) is 160 cm³/mol. The molecule has 40 heavy (non-hydrogen) atoms. The first-order valence-corrected chi connectivity index (χ1v) is 16.3. The summed E-state index contributed by atoms with van der Waals surface area (Å²) in [5.74, 6) is 0.373. The number of aryl methyl sites for hydroxylation is 1. The molecule has 6 atom stereocenters. The van der Waals surface area contributed by atoms with Gasteiger partial charge in [-0.2, -0.15) is 4.21 Å². The van der Waals surface area contributed by atoms with Crippen molar-refractivity contribution in [3.05, 3.63) is 70.3 Å². The highest BCUT2D eigenvalue weighted by Gasteiger charge is 2.38. The lowest BCUT2D eigenvalue weighted by atomic mass is 9.70. The summed E-state index contributed by atoms with van der Waals surface area (Å²) in [5, 5.41) is 11.0. The first-order chi connectivity index (χ1) is 19.1. The lowest BCUT2D eigenvalue weighted by Gasteiger charge is -2.42. The van der Waals surface area contributed by atoms with Crippen molar-refractivity contribution in [1.29, 1.82) is 0 Å². The highest BCUT2D eigenvalue weighted by Crippen LogP contribution is 2.41. The number of allylic oxidation sites excluding steroid dienone is 1. The van der Waals surface area contributed by atoms with Gasteiger partial charge in [0, 0.05) is 23.7 Å². The number of aliphatic hydroxyl groups excluding tert-OH is 1. The van der Waals surface area contributed by atoms with Gasteiger partial charge in [0.05, 0.1) is 11.8 Å². The summed E-state index contributed by atoms with van der Waals surface area (Å²) in [7, 11) is -3.66. The van der Waals surface area contributed by atoms with E-state index in [1.54, 1.807) is 25.1 Å². The first-order valence-electron chi connectivity index (χ1n) is 14.3. The second-order valence-corrected chi connectivity index (χ2v) is 14.1. The molecule has 2 aromatic carbocycles. The van der Waals surface area contributed by atoms with Crippen LogP contribution in [0.2, 0.25) is 5.02 Å². The summed E-state index contributed by atoms with van der Waals surface area (Å²) in [4.78, 5) is 15.6. The number of nitrogens with zero attached hydrogens (tertiary/aromatic N) is 1. The largest absolute Gasteiger partial charge is 0.487 e. The molecular weight excluding hydrogens is 548 g/mol. The molecular formula is C31H40ClN2O5S+. The van der Waals surface area contributed by atoms with Crippen molar-refractivity contribution in [2.45, 2.75) is 70.3 Å². The molecule has 2 bridgehead atoms. The van der Waals surface area contributed by atoms with Crippen LogP contribution in [-0.2, 0) is 23.1 Å². The fourth-order valence-electron chi connectivity index (χ4n) is 6.00. The van der Waals surface area contributed by atoms with Gasteiger partial charge >= 0.3 is 10.0 Å². The van der Waals surface area contributed by atoms with Crippen LogP contribution in [0.1, 0.15) is 67.4 Å². The summed E-state index contributed by atoms with van der Waals surface area (Å²) < 4.78 is 32.8. The van der Waals surface area contributed by atoms with E-state index < -0.39 is 27.3 Å². The summed E-state index contributed by atoms with van der Waals surface area (Å²) >= 11 is 6.30. The number of carbonyl (C=O) groups excluding carboxylic acids is 1. The van der Waals surface area contributed by atoms with Gasteiger partial charge in [0.25, 0.3) is 5.91 Å². The Kier molecular flexibility index (Phi) is 8.78. The van der Waals surface area contributed by atoms with Crippen molar-refractivity contribution >= 4 is 33.2 Å². The number of carbonyl (C=O) groups is 1. The van der Waals surface area contributed by atoms with Crippen molar-refractivity contribution < 1.29 is 23.1 Å². The van der Waals surface area contributed by atoms with Crippen LogP contribution in [0.15, 0.2) is 48.6 Å². The Hall–Kier alpha value is -2.55. The van der Waals surface area contributed by atoms with E-state index in [2.05, 4.69) is 9.62 Å². The molecule has 3 N–H and O–H groups in total. The highest BCUT2D eigenvalue weighted by molar-refractivity contribution is 7.90. The SMILES string of the molecule is C[C@@H]1[C@@H](C)C/C=C/[C@H](O)[C@@H]2CC[C@H]2CN2CCCCc3cc(Cl)ccc3COc3ccc(cc32)C(=O)NS1(=O)=[OH+]. The number of amides is 1. The minimum Gasteiger partial charge on any atom is -0.487 e. The quantitative estimate of drug-likeness (QED) is 0.306. The molecule has 1 aliphatic carbocycles. The summed E-state index contributed by atoms with van der Waals surface area (Å²) in [6.45, 7) is 5.44. The molecule has 1 unspecified atom stereocenters. The van der Waals surface area contributed by atoms with Gasteiger partial charge in [0.2, 0.25) is 0 Å². The number of aliphatic hydroxyl groups is 1. The molecule has 2 heterocycles. The smallest absolute Gasteiger partial charge is 0.371 e. The second-order valence-electron chi connectivity index (χ2n) is 11.6. The third-order valence-electron chi connectivity index (χ3n) is 8.99. The van der Waals surface area contributed by atoms with Crippen LogP contribution in [0, 0.1) is 17.8 Å². The van der Waals surface area contributed by atoms with Crippen molar-refractivity contribution in [2.75, 3.05) is 18.0 Å². The number of halogens is 1. The van der Waals surface area contributed by atoms with E-state index in [9.17, 15) is 18.3 Å². The summed E-state index contributed by atoms with van der Waals surface area (Å²) in [6, 6.07) is 11.1. The molecule has 9 heteroatoms. The molecule has 5 rings (SSSR count). The number of hydrogen-bond donors (Lipinski definition) is 2. The maximum atomic E-state index is 13.3. The zero-order valence-electron chi connectivity index (χ0n) is 23.2. The van der Waals surface area contributed by atoms with Gasteiger partial charge in [0.1, 0.15) is 17.6 Å². The number of fused-ring (bicyclic) bond motifs is 3. The Balaban J connectivity index is 1.54. The van der Waals surface area contributed by atoms with Gasteiger partial charge in [0.15, 0.2) is 0 Å². The molecule has 7 nitrogen and oxygen atoms in total. The van der Waals surface area contributed by atoms with Gasteiger partial charge < -0.3 is 14.7 Å². The topological polar surface area (TPSA) is 100 Å². The lowest BCUT2D eigenvalue weighted by molar-refractivity contribution is 0.0461. The number of rotatable bonds is 0. The van der Waals surface area contributed by atoms with E-state index in [-0.39, 0.29) is 11.8 Å². The Labute approximate surface area is 242 Å². The highest BCUT2D eigenvalue weighted by atomic mass is 35.5. The number of hydrogen-bond acceptors (Lipinski definition) is 5. The fraction of sp³-hybridized carbons (Fsp3) is 0.516. The zero-order valence-corrected chi connectivity index (χ0v) is 24.8. The molecule has 0 radical (unpaired) electrons. The van der Waals surface area contributed by atoms with Gasteiger partial charge in [-0.15, -0.1) is 0 Å². The standard InChI is InChI=1S/C31H39ClN2O5S/c1-20-6-5-8-29(35)27-13-10-24(27)18-34-15-4-3-7-22-16-26(32)12-9-25(22)19-39-30-14-11-23(17-28(30)34)31(36)33-40(37,38)21(20)2/h5,8-9,11-12,14,16-17,20-21,24,27,29,35H,3-4,6-7,10,13,15,18-19H2,1-2H3,(H,33,36,37,38)/p+1/b8-5+/t20-,21+,24-,27+,29-/m0/s1. The van der Waals surface area contributed by atoms with E-state index in [1.807, 2.05) is 37.3 Å². The number of nitrogens with one attached hydrogen (secondary N) is 1. The molecule has 3 aliphatic rings. The van der Waals surface area contributed by atoms with Gasteiger partial charge in [-0.25, -0.2) is 8.93 Å². The minimum absolute atomic E-state index is 0.152. The van der Waals surface area contributed by atoms with Gasteiger partial charge in [-0.05, 0) is 105 Å². The van der Waals surface area contributed by atoms with Crippen LogP contribution in [0.4, 0.5) is 5.69 Å². The summed E-state index contributed by atoms with van der Waals surface area (Å²) in [5.41, 5.74) is 3.36. The van der Waals surface area contributed by atoms with Gasteiger partial charge in [-0.1, -0.05) is 36.7 Å². The molecule has 2 aromatic rings. The van der Waals surface area contributed by atoms with Gasteiger partial charge in [-0.3, -0.25) is 4.79 Å². The molecule has 216 valence electrons. The van der Waals surface area contributed by atoms with E-state index in [1.165, 1.54) is 5.56 Å². The minimum atomic E-state index is -3.66. The molecule has 1 amide bonds. The number of benzene rings is 2. The van der Waals surface area contributed by atoms with Crippen LogP contribution in [0.5, 0.6) is 5.75 Å². The Bertz CT molecular complexity index is 1380. The lowest BCUT2D eigenvalue weighted by Crippen LogP contribution is -2.43. The summed E-state index contributed by atoms with van der Waals surface area (Å²) in [6.07, 6.45) is 8.53. The third kappa shape index (κ3) is 6.34. The van der Waals surface area contributed by atoms with Crippen LogP contribution in [0.25, 0.3) is 0 Å². The maximum absolute atomic E-state index is 13.3. The average Bonchev–Trinajstić information content (AvgIpc) is 2.92. The third-order valence-corrected chi connectivity index (χ3v) is 11.2. The average molecular weight is 588 g/mol. The number of anilines is 1. The van der Waals surface area contributed by atoms with Crippen LogP contribution in [-0.4, -0.2) is 43.9 Å². The molecule has 0 spiro atoms. The van der Waals surface area contributed by atoms with Crippen LogP contribution in [0.3, 0.4) is 0 Å². The van der Waals surface area contributed by atoms with Crippen LogP contribution < -0.4 is 14.4 Å². The second kappa shape index (κ2) is 12.1. The Morgan fingerprint density at radius 3 is 2.73 bits per heavy atom. The molecule has 0 aromatic heterocycles. The molecule has 1 fully saturated rings.